The van der Waals surface area contributed by atoms with Crippen LogP contribution in [-0.2, 0) is 6.42 Å². The van der Waals surface area contributed by atoms with E-state index >= 15 is 0 Å². The van der Waals surface area contributed by atoms with Gasteiger partial charge in [-0.3, -0.25) is 0 Å². The maximum atomic E-state index is 4.50. The molecule has 0 aliphatic rings. The number of hydrogen-bond acceptors (Lipinski definition) is 4. The summed E-state index contributed by atoms with van der Waals surface area (Å²) >= 11 is 0. The molecule has 0 amide bonds. The van der Waals surface area contributed by atoms with Gasteiger partial charge in [0.05, 0.1) is 0 Å². The lowest BCUT2D eigenvalue weighted by Gasteiger charge is -2.12. The number of nitrogens with zero attached hydrogens (tertiary/aromatic N) is 4. The minimum atomic E-state index is 0.639. The van der Waals surface area contributed by atoms with E-state index in [-0.39, 0.29) is 0 Å². The normalized spacial score (nSPS) is 11.0. The molecule has 0 aliphatic carbocycles. The summed E-state index contributed by atoms with van der Waals surface area (Å²) in [5.74, 6) is 2.33. The number of benzene rings is 1. The van der Waals surface area contributed by atoms with Crippen LogP contribution in [-0.4, -0.2) is 19.6 Å². The Morgan fingerprint density at radius 3 is 2.71 bits per heavy atom. The quantitative estimate of drug-likeness (QED) is 0.800. The van der Waals surface area contributed by atoms with Crippen molar-refractivity contribution in [2.75, 3.05) is 5.32 Å². The number of fused-ring (bicyclic) bond motifs is 1. The molecule has 0 fully saturated rings. The number of aryl methyl sites for hydroxylation is 3. The highest BCUT2D eigenvalue weighted by atomic mass is 15.4. The smallest absolute Gasteiger partial charge is 0.254 e. The number of nitrogens with one attached hydrogen (secondary N) is 1. The molecule has 0 unspecified atom stereocenters. The van der Waals surface area contributed by atoms with Crippen molar-refractivity contribution < 1.29 is 0 Å². The van der Waals surface area contributed by atoms with Crippen LogP contribution >= 0.6 is 0 Å². The summed E-state index contributed by atoms with van der Waals surface area (Å²) in [4.78, 5) is 8.87. The predicted octanol–water partition coefficient (Wildman–Crippen LogP) is 3.36. The Labute approximate surface area is 124 Å². The van der Waals surface area contributed by atoms with Crippen molar-refractivity contribution in [3.63, 3.8) is 0 Å². The number of rotatable bonds is 3. The maximum absolute atomic E-state index is 4.50. The second kappa shape index (κ2) is 5.16. The van der Waals surface area contributed by atoms with E-state index in [9.17, 15) is 0 Å². The van der Waals surface area contributed by atoms with Crippen molar-refractivity contribution >= 4 is 17.3 Å². The molecule has 0 saturated heterocycles. The molecule has 3 aromatic rings. The molecule has 0 atom stereocenters. The van der Waals surface area contributed by atoms with E-state index in [2.05, 4.69) is 52.4 Å². The third-order valence-corrected chi connectivity index (χ3v) is 3.67. The predicted molar refractivity (Wildman–Crippen MR) is 84.1 cm³/mol. The van der Waals surface area contributed by atoms with Gasteiger partial charge in [0.15, 0.2) is 5.82 Å². The topological polar surface area (TPSA) is 55.1 Å². The van der Waals surface area contributed by atoms with Crippen LogP contribution < -0.4 is 5.32 Å². The van der Waals surface area contributed by atoms with E-state index in [0.717, 1.165) is 29.4 Å². The Morgan fingerprint density at radius 2 is 1.95 bits per heavy atom. The molecule has 0 saturated carbocycles. The van der Waals surface area contributed by atoms with Gasteiger partial charge >= 0.3 is 0 Å². The van der Waals surface area contributed by atoms with Crippen molar-refractivity contribution in [1.82, 2.24) is 19.6 Å². The fourth-order valence-corrected chi connectivity index (χ4v) is 2.29. The van der Waals surface area contributed by atoms with Gasteiger partial charge in [-0.05, 0) is 38.0 Å². The van der Waals surface area contributed by atoms with Gasteiger partial charge in [-0.2, -0.15) is 9.50 Å². The molecule has 0 radical (unpaired) electrons. The highest BCUT2D eigenvalue weighted by Gasteiger charge is 2.10. The summed E-state index contributed by atoms with van der Waals surface area (Å²) in [6.45, 7) is 8.23. The molecule has 2 heterocycles. The molecule has 2 aromatic heterocycles. The Kier molecular flexibility index (Phi) is 3.33. The Bertz CT molecular complexity index is 804. The number of aromatic nitrogens is 4. The maximum Gasteiger partial charge on any atom is 0.254 e. The van der Waals surface area contributed by atoms with Gasteiger partial charge < -0.3 is 5.32 Å². The Morgan fingerprint density at radius 1 is 1.14 bits per heavy atom. The molecule has 0 bridgehead atoms. The van der Waals surface area contributed by atoms with Crippen LogP contribution in [0.15, 0.2) is 24.3 Å². The molecule has 108 valence electrons. The first-order chi connectivity index (χ1) is 10.1. The fourth-order valence-electron chi connectivity index (χ4n) is 2.29. The van der Waals surface area contributed by atoms with Crippen molar-refractivity contribution in [1.29, 1.82) is 0 Å². The average molecular weight is 281 g/mol. The van der Waals surface area contributed by atoms with E-state index in [1.54, 1.807) is 4.52 Å². The molecule has 5 nitrogen and oxygen atoms in total. The monoisotopic (exact) mass is 281 g/mol. The second-order valence-electron chi connectivity index (χ2n) is 5.25. The van der Waals surface area contributed by atoms with Gasteiger partial charge in [0, 0.05) is 23.9 Å². The third-order valence-electron chi connectivity index (χ3n) is 3.67. The molecule has 21 heavy (non-hydrogen) atoms. The van der Waals surface area contributed by atoms with Crippen LogP contribution in [0.4, 0.5) is 11.5 Å². The van der Waals surface area contributed by atoms with Crippen molar-refractivity contribution in [2.45, 2.75) is 34.1 Å². The molecule has 1 aromatic carbocycles. The molecular formula is C16H19N5. The van der Waals surface area contributed by atoms with Gasteiger partial charge in [-0.1, -0.05) is 19.1 Å². The van der Waals surface area contributed by atoms with Crippen molar-refractivity contribution in [3.8, 4) is 0 Å². The average Bonchev–Trinajstić information content (AvgIpc) is 2.87. The van der Waals surface area contributed by atoms with Gasteiger partial charge in [0.1, 0.15) is 5.82 Å². The highest BCUT2D eigenvalue weighted by Crippen LogP contribution is 2.23. The van der Waals surface area contributed by atoms with Crippen LogP contribution in [0.1, 0.15) is 29.6 Å². The molecule has 0 spiro atoms. The van der Waals surface area contributed by atoms with Crippen molar-refractivity contribution in [2.24, 2.45) is 0 Å². The fraction of sp³-hybridized carbons (Fsp3) is 0.312. The zero-order chi connectivity index (χ0) is 15.0. The van der Waals surface area contributed by atoms with Crippen molar-refractivity contribution in [3.05, 3.63) is 46.9 Å². The largest absolute Gasteiger partial charge is 0.340 e. The first kappa shape index (κ1) is 13.5. The second-order valence-corrected chi connectivity index (χ2v) is 5.25. The van der Waals surface area contributed by atoms with Gasteiger partial charge in [-0.25, -0.2) is 4.98 Å². The van der Waals surface area contributed by atoms with Crippen LogP contribution in [0.3, 0.4) is 0 Å². The molecule has 3 rings (SSSR count). The lowest BCUT2D eigenvalue weighted by atomic mass is 10.1. The SMILES string of the molecule is CCc1nc2nc(C)cc(Nc3cccc(C)c3C)n2n1. The number of anilines is 2. The zero-order valence-corrected chi connectivity index (χ0v) is 12.8. The first-order valence-corrected chi connectivity index (χ1v) is 7.15. The summed E-state index contributed by atoms with van der Waals surface area (Å²) in [6, 6.07) is 8.22. The standard InChI is InChI=1S/C16H19N5/c1-5-14-19-16-17-11(3)9-15(21(16)20-14)18-13-8-6-7-10(2)12(13)4/h6-9,18H,5H2,1-4H3. The summed E-state index contributed by atoms with van der Waals surface area (Å²) in [6.07, 6.45) is 0.797. The van der Waals surface area contributed by atoms with E-state index in [4.69, 9.17) is 0 Å². The summed E-state index contributed by atoms with van der Waals surface area (Å²) in [5.41, 5.74) is 4.49. The lowest BCUT2D eigenvalue weighted by molar-refractivity contribution is 0.882. The van der Waals surface area contributed by atoms with Gasteiger partial charge in [0.2, 0.25) is 0 Å². The number of hydrogen-bond donors (Lipinski definition) is 1. The molecule has 5 heteroatoms. The minimum absolute atomic E-state index is 0.639. The van der Waals surface area contributed by atoms with Gasteiger partial charge in [-0.15, -0.1) is 5.10 Å². The van der Waals surface area contributed by atoms with Crippen LogP contribution in [0.25, 0.3) is 5.78 Å². The van der Waals surface area contributed by atoms with E-state index < -0.39 is 0 Å². The first-order valence-electron chi connectivity index (χ1n) is 7.15. The lowest BCUT2D eigenvalue weighted by Crippen LogP contribution is -2.04. The summed E-state index contributed by atoms with van der Waals surface area (Å²) < 4.78 is 1.77. The van der Waals surface area contributed by atoms with Crippen LogP contribution in [0.2, 0.25) is 0 Å². The molecule has 0 aliphatic heterocycles. The Balaban J connectivity index is 2.11. The zero-order valence-electron chi connectivity index (χ0n) is 12.8. The molecular weight excluding hydrogens is 262 g/mol. The summed E-state index contributed by atoms with van der Waals surface area (Å²) in [7, 11) is 0. The van der Waals surface area contributed by atoms with Crippen LogP contribution in [0, 0.1) is 20.8 Å². The van der Waals surface area contributed by atoms with Crippen LogP contribution in [0.5, 0.6) is 0 Å². The molecule has 1 N–H and O–H groups in total. The Hall–Kier alpha value is -2.43. The highest BCUT2D eigenvalue weighted by molar-refractivity contribution is 5.63. The summed E-state index contributed by atoms with van der Waals surface area (Å²) in [5, 5.41) is 7.96. The third kappa shape index (κ3) is 2.46. The van der Waals surface area contributed by atoms with Gasteiger partial charge in [0.25, 0.3) is 5.78 Å². The van der Waals surface area contributed by atoms with E-state index in [1.165, 1.54) is 11.1 Å². The minimum Gasteiger partial charge on any atom is -0.340 e. The van der Waals surface area contributed by atoms with E-state index in [1.807, 2.05) is 19.9 Å². The van der Waals surface area contributed by atoms with E-state index in [0.29, 0.717) is 5.78 Å².